The number of hydrogen-bond acceptors (Lipinski definition) is 4. The number of aryl methyl sites for hydroxylation is 3. The molecule has 40 heavy (non-hydrogen) atoms. The number of carbonyl (C=O) groups excluding carboxylic acids is 1. The molecule has 0 unspecified atom stereocenters. The second-order valence-corrected chi connectivity index (χ2v) is 10.7. The summed E-state index contributed by atoms with van der Waals surface area (Å²) in [6, 6.07) is 21.8. The van der Waals surface area contributed by atoms with Crippen molar-refractivity contribution in [3.8, 4) is 11.4 Å². The van der Waals surface area contributed by atoms with E-state index < -0.39 is 0 Å². The van der Waals surface area contributed by atoms with Gasteiger partial charge in [-0.25, -0.2) is 0 Å². The number of nitrogens with zero attached hydrogens (tertiary/aromatic N) is 3. The maximum atomic E-state index is 13.0. The van der Waals surface area contributed by atoms with E-state index in [0.29, 0.717) is 23.1 Å². The lowest BCUT2D eigenvalue weighted by Gasteiger charge is -2.28. The molecule has 8 heteroatoms. The van der Waals surface area contributed by atoms with Crippen molar-refractivity contribution in [1.82, 2.24) is 19.8 Å². The number of nitrogens with one attached hydrogen (secondary N) is 2. The van der Waals surface area contributed by atoms with Crippen LogP contribution in [0.25, 0.3) is 5.69 Å². The largest absolute Gasteiger partial charge is 0.495 e. The average molecular weight is 554 g/mol. The number of anilines is 1. The summed E-state index contributed by atoms with van der Waals surface area (Å²) in [6.07, 6.45) is 2.07. The zero-order valence-corrected chi connectivity index (χ0v) is 24.4. The number of ether oxygens (including phenoxy) is 1. The summed E-state index contributed by atoms with van der Waals surface area (Å²) in [4.78, 5) is 19.8. The first-order chi connectivity index (χ1) is 19.3. The Morgan fingerprint density at radius 2 is 1.82 bits per heavy atom. The first-order valence-electron chi connectivity index (χ1n) is 13.5. The second kappa shape index (κ2) is 11.5. The lowest BCUT2D eigenvalue weighted by atomic mass is 9.96. The first-order valence-corrected chi connectivity index (χ1v) is 13.9. The summed E-state index contributed by atoms with van der Waals surface area (Å²) in [5.41, 5.74) is 8.61. The molecule has 7 nitrogen and oxygen atoms in total. The minimum atomic E-state index is -0.154. The Balaban J connectivity index is 1.49. The molecule has 0 radical (unpaired) electrons. The lowest BCUT2D eigenvalue weighted by molar-refractivity contribution is -0.116. The Bertz CT molecular complexity index is 1550. The van der Waals surface area contributed by atoms with Crippen molar-refractivity contribution < 1.29 is 9.53 Å². The molecule has 206 valence electrons. The van der Waals surface area contributed by atoms with Crippen molar-refractivity contribution in [3.05, 3.63) is 107 Å². The van der Waals surface area contributed by atoms with Crippen LogP contribution < -0.4 is 15.4 Å². The summed E-state index contributed by atoms with van der Waals surface area (Å²) in [7, 11) is 1.59. The molecule has 1 fully saturated rings. The molecule has 1 saturated heterocycles. The standard InChI is InChI=1S/C32H35N5O2S/c1-20-13-14-21(2)27(18-20)37-22(3)19-24(23(37)4)31-30(26-11-8-9-16-33-26)35-32(40)36(31)17-15-29(38)34-25-10-6-7-12-28(25)39-5/h6-14,16,18-19,30-31H,15,17H2,1-5H3,(H,34,38)(H,35,40)/t30-,31-/m0/s1. The van der Waals surface area contributed by atoms with Gasteiger partial charge >= 0.3 is 0 Å². The maximum Gasteiger partial charge on any atom is 0.226 e. The zero-order chi connectivity index (χ0) is 28.4. The van der Waals surface area contributed by atoms with Gasteiger partial charge in [-0.1, -0.05) is 30.3 Å². The Morgan fingerprint density at radius 1 is 1.05 bits per heavy atom. The number of methoxy groups -OCH3 is 1. The number of benzene rings is 2. The number of carbonyl (C=O) groups is 1. The minimum Gasteiger partial charge on any atom is -0.495 e. The van der Waals surface area contributed by atoms with Gasteiger partial charge in [-0.2, -0.15) is 0 Å². The Labute approximate surface area is 241 Å². The van der Waals surface area contributed by atoms with Crippen molar-refractivity contribution in [3.63, 3.8) is 0 Å². The van der Waals surface area contributed by atoms with Crippen LogP contribution in [0.2, 0.25) is 0 Å². The van der Waals surface area contributed by atoms with Gasteiger partial charge in [0.2, 0.25) is 5.91 Å². The van der Waals surface area contributed by atoms with E-state index in [1.54, 1.807) is 13.3 Å². The SMILES string of the molecule is COc1ccccc1NC(=O)CCN1C(=S)N[C@@H](c2ccccn2)[C@@H]1c1cc(C)n(-c2cc(C)ccc2C)c1C. The molecular weight excluding hydrogens is 518 g/mol. The van der Waals surface area contributed by atoms with Crippen LogP contribution in [-0.4, -0.2) is 39.1 Å². The fourth-order valence-electron chi connectivity index (χ4n) is 5.59. The number of para-hydroxylation sites is 2. The summed E-state index contributed by atoms with van der Waals surface area (Å²) >= 11 is 5.86. The number of aromatic nitrogens is 2. The summed E-state index contributed by atoms with van der Waals surface area (Å²) < 4.78 is 7.71. The molecule has 3 heterocycles. The van der Waals surface area contributed by atoms with E-state index in [0.717, 1.165) is 22.6 Å². The molecule has 2 N–H and O–H groups in total. The average Bonchev–Trinajstić information content (AvgIpc) is 3.43. The molecule has 0 saturated carbocycles. The van der Waals surface area contributed by atoms with Gasteiger partial charge in [-0.05, 0) is 93.0 Å². The smallest absolute Gasteiger partial charge is 0.226 e. The van der Waals surface area contributed by atoms with Crippen LogP contribution in [0.3, 0.4) is 0 Å². The number of thiocarbonyl (C=S) groups is 1. The van der Waals surface area contributed by atoms with Crippen LogP contribution in [0.5, 0.6) is 5.75 Å². The lowest BCUT2D eigenvalue weighted by Crippen LogP contribution is -2.33. The molecule has 1 aliphatic heterocycles. The zero-order valence-electron chi connectivity index (χ0n) is 23.6. The van der Waals surface area contributed by atoms with Crippen LogP contribution in [0.4, 0.5) is 5.69 Å². The van der Waals surface area contributed by atoms with Gasteiger partial charge in [0.05, 0.1) is 30.6 Å². The third-order valence-electron chi connectivity index (χ3n) is 7.55. The molecule has 4 aromatic rings. The van der Waals surface area contributed by atoms with Crippen molar-refractivity contribution >= 4 is 28.9 Å². The van der Waals surface area contributed by atoms with E-state index in [1.165, 1.54) is 16.8 Å². The van der Waals surface area contributed by atoms with Crippen molar-refractivity contribution in [2.75, 3.05) is 19.0 Å². The van der Waals surface area contributed by atoms with Gasteiger partial charge in [0, 0.05) is 36.2 Å². The Morgan fingerprint density at radius 3 is 2.58 bits per heavy atom. The summed E-state index contributed by atoms with van der Waals surface area (Å²) in [5.74, 6) is 0.523. The minimum absolute atomic E-state index is 0.104. The van der Waals surface area contributed by atoms with Gasteiger partial charge in [0.25, 0.3) is 0 Å². The van der Waals surface area contributed by atoms with E-state index >= 15 is 0 Å². The molecule has 2 aromatic carbocycles. The maximum absolute atomic E-state index is 13.0. The van der Waals surface area contributed by atoms with E-state index in [-0.39, 0.29) is 24.4 Å². The van der Waals surface area contributed by atoms with Gasteiger partial charge in [0.1, 0.15) is 5.75 Å². The highest BCUT2D eigenvalue weighted by Crippen LogP contribution is 2.41. The predicted molar refractivity (Wildman–Crippen MR) is 163 cm³/mol. The molecule has 1 amide bonds. The molecule has 2 aromatic heterocycles. The van der Waals surface area contributed by atoms with Crippen LogP contribution in [0.15, 0.2) is 72.9 Å². The van der Waals surface area contributed by atoms with Crippen LogP contribution in [0.1, 0.15) is 52.3 Å². The highest BCUT2D eigenvalue weighted by atomic mass is 32.1. The van der Waals surface area contributed by atoms with Crippen molar-refractivity contribution in [2.45, 2.75) is 46.2 Å². The highest BCUT2D eigenvalue weighted by molar-refractivity contribution is 7.80. The molecule has 0 spiro atoms. The quantitative estimate of drug-likeness (QED) is 0.256. The van der Waals surface area contributed by atoms with Gasteiger partial charge in [-0.3, -0.25) is 9.78 Å². The monoisotopic (exact) mass is 553 g/mol. The van der Waals surface area contributed by atoms with Gasteiger partial charge < -0.3 is 24.8 Å². The molecule has 1 aliphatic rings. The number of amides is 1. The topological polar surface area (TPSA) is 71.4 Å². The van der Waals surface area contributed by atoms with E-state index in [1.807, 2.05) is 42.5 Å². The van der Waals surface area contributed by atoms with Crippen molar-refractivity contribution in [2.24, 2.45) is 0 Å². The van der Waals surface area contributed by atoms with Crippen LogP contribution in [0, 0.1) is 27.7 Å². The molecule has 0 aliphatic carbocycles. The summed E-state index contributed by atoms with van der Waals surface area (Å²) in [6.45, 7) is 9.01. The fraction of sp³-hybridized carbons (Fsp3) is 0.281. The van der Waals surface area contributed by atoms with Crippen LogP contribution >= 0.6 is 12.2 Å². The Kier molecular flexibility index (Phi) is 7.89. The third kappa shape index (κ3) is 5.31. The van der Waals surface area contributed by atoms with Gasteiger partial charge in [0.15, 0.2) is 5.11 Å². The van der Waals surface area contributed by atoms with E-state index in [2.05, 4.69) is 77.0 Å². The number of hydrogen-bond donors (Lipinski definition) is 2. The van der Waals surface area contributed by atoms with Crippen LogP contribution in [-0.2, 0) is 4.79 Å². The molecule has 0 bridgehead atoms. The van der Waals surface area contributed by atoms with Crippen molar-refractivity contribution in [1.29, 1.82) is 0 Å². The molecule has 2 atom stereocenters. The fourth-order valence-corrected chi connectivity index (χ4v) is 5.92. The second-order valence-electron chi connectivity index (χ2n) is 10.3. The highest BCUT2D eigenvalue weighted by Gasteiger charge is 2.41. The first kappa shape index (κ1) is 27.4. The van der Waals surface area contributed by atoms with E-state index in [9.17, 15) is 4.79 Å². The molecular formula is C32H35N5O2S. The number of rotatable bonds is 8. The Hall–Kier alpha value is -4.17. The van der Waals surface area contributed by atoms with Gasteiger partial charge in [-0.15, -0.1) is 0 Å². The summed E-state index contributed by atoms with van der Waals surface area (Å²) in [5, 5.41) is 7.11. The van der Waals surface area contributed by atoms with E-state index in [4.69, 9.17) is 17.0 Å². The number of pyridine rings is 1. The third-order valence-corrected chi connectivity index (χ3v) is 7.91. The predicted octanol–water partition coefficient (Wildman–Crippen LogP) is 6.12. The normalized spacial score (nSPS) is 16.6. The molecule has 5 rings (SSSR count).